The summed E-state index contributed by atoms with van der Waals surface area (Å²) >= 11 is 1.75. The zero-order chi connectivity index (χ0) is 14.2. The minimum absolute atomic E-state index is 0.540. The standard InChI is InChI=1S/C17H19NOS/c1-3-12-19-15-10-8-14(9-11-15)13-18-16-6-4-5-7-17(16)20-2/h3-11,18H,1,12-13H2,2H3. The van der Waals surface area contributed by atoms with Gasteiger partial charge in [0, 0.05) is 17.1 Å². The highest BCUT2D eigenvalue weighted by Crippen LogP contribution is 2.25. The van der Waals surface area contributed by atoms with Gasteiger partial charge in [0.25, 0.3) is 0 Å². The van der Waals surface area contributed by atoms with Crippen molar-refractivity contribution in [3.63, 3.8) is 0 Å². The number of hydrogen-bond acceptors (Lipinski definition) is 3. The van der Waals surface area contributed by atoms with E-state index in [0.717, 1.165) is 12.3 Å². The summed E-state index contributed by atoms with van der Waals surface area (Å²) in [4.78, 5) is 1.26. The Morgan fingerprint density at radius 1 is 1.15 bits per heavy atom. The molecule has 2 aromatic carbocycles. The number of anilines is 1. The Bertz CT molecular complexity index is 551. The molecule has 0 aliphatic rings. The predicted molar refractivity (Wildman–Crippen MR) is 87.7 cm³/mol. The van der Waals surface area contributed by atoms with Gasteiger partial charge in [-0.1, -0.05) is 36.9 Å². The Morgan fingerprint density at radius 3 is 2.60 bits per heavy atom. The number of benzene rings is 2. The minimum Gasteiger partial charge on any atom is -0.490 e. The molecule has 0 aromatic heterocycles. The van der Waals surface area contributed by atoms with Crippen molar-refractivity contribution in [3.05, 3.63) is 66.7 Å². The van der Waals surface area contributed by atoms with Gasteiger partial charge in [0.05, 0.1) is 0 Å². The average molecular weight is 285 g/mol. The van der Waals surface area contributed by atoms with Gasteiger partial charge in [0.15, 0.2) is 0 Å². The van der Waals surface area contributed by atoms with E-state index in [1.165, 1.54) is 16.1 Å². The molecule has 2 rings (SSSR count). The fourth-order valence-electron chi connectivity index (χ4n) is 1.85. The van der Waals surface area contributed by atoms with Crippen molar-refractivity contribution in [2.75, 3.05) is 18.2 Å². The summed E-state index contributed by atoms with van der Waals surface area (Å²) in [6, 6.07) is 16.5. The van der Waals surface area contributed by atoms with Crippen LogP contribution in [0, 0.1) is 0 Å². The lowest BCUT2D eigenvalue weighted by Crippen LogP contribution is -2.00. The Labute approximate surface area is 124 Å². The first kappa shape index (κ1) is 14.5. The Kier molecular flexibility index (Phi) is 5.56. The van der Waals surface area contributed by atoms with Crippen LogP contribution in [0.25, 0.3) is 0 Å². The van der Waals surface area contributed by atoms with Crippen LogP contribution in [0.4, 0.5) is 5.69 Å². The van der Waals surface area contributed by atoms with Crippen LogP contribution >= 0.6 is 11.8 Å². The molecule has 0 saturated carbocycles. The van der Waals surface area contributed by atoms with Gasteiger partial charge in [0.2, 0.25) is 0 Å². The molecule has 2 aromatic rings. The second kappa shape index (κ2) is 7.65. The largest absolute Gasteiger partial charge is 0.490 e. The van der Waals surface area contributed by atoms with Gasteiger partial charge < -0.3 is 10.1 Å². The summed E-state index contributed by atoms with van der Waals surface area (Å²) < 4.78 is 5.47. The van der Waals surface area contributed by atoms with E-state index in [1.807, 2.05) is 18.2 Å². The predicted octanol–water partition coefficient (Wildman–Crippen LogP) is 4.59. The highest BCUT2D eigenvalue weighted by Gasteiger charge is 2.00. The highest BCUT2D eigenvalue weighted by atomic mass is 32.2. The van der Waals surface area contributed by atoms with Crippen LogP contribution in [0.5, 0.6) is 5.75 Å². The van der Waals surface area contributed by atoms with Crippen LogP contribution in [0.2, 0.25) is 0 Å². The molecule has 0 amide bonds. The van der Waals surface area contributed by atoms with Crippen molar-refractivity contribution in [2.45, 2.75) is 11.4 Å². The van der Waals surface area contributed by atoms with E-state index in [-0.39, 0.29) is 0 Å². The maximum Gasteiger partial charge on any atom is 0.119 e. The van der Waals surface area contributed by atoms with E-state index >= 15 is 0 Å². The van der Waals surface area contributed by atoms with E-state index in [4.69, 9.17) is 4.74 Å². The van der Waals surface area contributed by atoms with E-state index in [1.54, 1.807) is 17.8 Å². The third kappa shape index (κ3) is 4.07. The van der Waals surface area contributed by atoms with E-state index in [0.29, 0.717) is 6.61 Å². The number of ether oxygens (including phenoxy) is 1. The number of hydrogen-bond donors (Lipinski definition) is 1. The zero-order valence-electron chi connectivity index (χ0n) is 11.6. The molecule has 0 saturated heterocycles. The third-order valence-electron chi connectivity index (χ3n) is 2.88. The van der Waals surface area contributed by atoms with Crippen molar-refractivity contribution < 1.29 is 4.74 Å². The van der Waals surface area contributed by atoms with Gasteiger partial charge >= 0.3 is 0 Å². The Morgan fingerprint density at radius 2 is 1.90 bits per heavy atom. The van der Waals surface area contributed by atoms with Crippen LogP contribution in [0.15, 0.2) is 66.1 Å². The summed E-state index contributed by atoms with van der Waals surface area (Å²) in [6.07, 6.45) is 3.83. The summed E-state index contributed by atoms with van der Waals surface area (Å²) in [5, 5.41) is 3.47. The molecule has 0 unspecified atom stereocenters. The SMILES string of the molecule is C=CCOc1ccc(CNc2ccccc2SC)cc1. The maximum absolute atomic E-state index is 5.47. The molecular formula is C17H19NOS. The van der Waals surface area contributed by atoms with E-state index in [9.17, 15) is 0 Å². The normalized spacial score (nSPS) is 10.1. The lowest BCUT2D eigenvalue weighted by molar-refractivity contribution is 0.363. The maximum atomic E-state index is 5.47. The molecule has 20 heavy (non-hydrogen) atoms. The molecule has 0 radical (unpaired) electrons. The molecule has 0 atom stereocenters. The Balaban J connectivity index is 1.95. The van der Waals surface area contributed by atoms with Crippen molar-refractivity contribution in [1.82, 2.24) is 0 Å². The molecule has 0 bridgehead atoms. The highest BCUT2D eigenvalue weighted by molar-refractivity contribution is 7.98. The van der Waals surface area contributed by atoms with Crippen LogP contribution in [0.1, 0.15) is 5.56 Å². The van der Waals surface area contributed by atoms with Crippen molar-refractivity contribution >= 4 is 17.4 Å². The summed E-state index contributed by atoms with van der Waals surface area (Å²) in [7, 11) is 0. The van der Waals surface area contributed by atoms with Crippen LogP contribution in [-0.2, 0) is 6.54 Å². The van der Waals surface area contributed by atoms with Gasteiger partial charge in [-0.25, -0.2) is 0 Å². The van der Waals surface area contributed by atoms with Gasteiger partial charge in [-0.3, -0.25) is 0 Å². The quantitative estimate of drug-likeness (QED) is 0.594. The third-order valence-corrected chi connectivity index (χ3v) is 3.68. The van der Waals surface area contributed by atoms with Crippen molar-refractivity contribution in [3.8, 4) is 5.75 Å². The molecule has 0 heterocycles. The summed E-state index contributed by atoms with van der Waals surface area (Å²) in [5.74, 6) is 0.873. The van der Waals surface area contributed by atoms with E-state index < -0.39 is 0 Å². The molecule has 0 aliphatic carbocycles. The smallest absolute Gasteiger partial charge is 0.119 e. The number of thioether (sulfide) groups is 1. The molecule has 1 N–H and O–H groups in total. The second-order valence-electron chi connectivity index (χ2n) is 4.30. The van der Waals surface area contributed by atoms with Gasteiger partial charge in [-0.15, -0.1) is 11.8 Å². The lowest BCUT2D eigenvalue weighted by Gasteiger charge is -2.11. The molecule has 0 spiro atoms. The van der Waals surface area contributed by atoms with Gasteiger partial charge in [-0.05, 0) is 36.1 Å². The molecule has 0 fully saturated rings. The first-order chi connectivity index (χ1) is 9.83. The van der Waals surface area contributed by atoms with Crippen LogP contribution < -0.4 is 10.1 Å². The van der Waals surface area contributed by atoms with Crippen LogP contribution in [-0.4, -0.2) is 12.9 Å². The second-order valence-corrected chi connectivity index (χ2v) is 5.15. The summed E-state index contributed by atoms with van der Waals surface area (Å²) in [5.41, 5.74) is 2.40. The molecular weight excluding hydrogens is 266 g/mol. The monoisotopic (exact) mass is 285 g/mol. The van der Waals surface area contributed by atoms with Crippen LogP contribution in [0.3, 0.4) is 0 Å². The van der Waals surface area contributed by atoms with Crippen molar-refractivity contribution in [1.29, 1.82) is 0 Å². The number of rotatable bonds is 7. The average Bonchev–Trinajstić information content (AvgIpc) is 2.52. The Hall–Kier alpha value is -1.87. The first-order valence-corrected chi connectivity index (χ1v) is 7.75. The molecule has 0 aliphatic heterocycles. The minimum atomic E-state index is 0.540. The van der Waals surface area contributed by atoms with Crippen molar-refractivity contribution in [2.24, 2.45) is 0 Å². The topological polar surface area (TPSA) is 21.3 Å². The number of nitrogens with one attached hydrogen (secondary N) is 1. The zero-order valence-corrected chi connectivity index (χ0v) is 12.5. The van der Waals surface area contributed by atoms with Gasteiger partial charge in [-0.2, -0.15) is 0 Å². The summed E-state index contributed by atoms with van der Waals surface area (Å²) in [6.45, 7) is 4.98. The van der Waals surface area contributed by atoms with Gasteiger partial charge in [0.1, 0.15) is 12.4 Å². The first-order valence-electron chi connectivity index (χ1n) is 6.53. The fraction of sp³-hybridized carbons (Fsp3) is 0.176. The fourth-order valence-corrected chi connectivity index (χ4v) is 2.42. The molecule has 2 nitrogen and oxygen atoms in total. The molecule has 104 valence electrons. The molecule has 3 heteroatoms. The van der Waals surface area contributed by atoms with E-state index in [2.05, 4.69) is 48.5 Å². The lowest BCUT2D eigenvalue weighted by atomic mass is 10.2. The number of para-hydroxylation sites is 1.